The van der Waals surface area contributed by atoms with Crippen LogP contribution in [-0.2, 0) is 4.74 Å². The smallest absolute Gasteiger partial charge is 0.408 e. The summed E-state index contributed by atoms with van der Waals surface area (Å²) in [6.45, 7) is 5.58. The highest BCUT2D eigenvalue weighted by atomic mass is 35.5. The molecule has 110 valence electrons. The highest BCUT2D eigenvalue weighted by Gasteiger charge is 2.14. The van der Waals surface area contributed by atoms with Crippen LogP contribution in [0, 0.1) is 11.8 Å². The van der Waals surface area contributed by atoms with Crippen LogP contribution in [0.4, 0.5) is 10.5 Å². The molecule has 0 aliphatic rings. The van der Waals surface area contributed by atoms with Crippen LogP contribution in [0.2, 0.25) is 5.02 Å². The van der Waals surface area contributed by atoms with Crippen molar-refractivity contribution in [3.05, 3.63) is 28.8 Å². The summed E-state index contributed by atoms with van der Waals surface area (Å²) in [5.41, 5.74) is 0.738. The molecular formula is C15H15ClN2O2S. The van der Waals surface area contributed by atoms with E-state index < -0.39 is 11.7 Å². The maximum absolute atomic E-state index is 11.4. The zero-order valence-corrected chi connectivity index (χ0v) is 13.6. The second-order valence-electron chi connectivity index (χ2n) is 5.03. The Bertz CT molecular complexity index is 635. The molecule has 1 aromatic carbocycles. The monoisotopic (exact) mass is 322 g/mol. The summed E-state index contributed by atoms with van der Waals surface area (Å²) in [5.74, 6) is 5.69. The summed E-state index contributed by atoms with van der Waals surface area (Å²) in [6.07, 6.45) is -0.500. The van der Waals surface area contributed by atoms with E-state index >= 15 is 0 Å². The standard InChI is InChI=1S/C15H15ClN2O2S/c1-15(2,3)20-14(19)17-8-4-5-11-6-7-13(18-10-21)12(16)9-11/h6-7,9H,8H2,1-3H3,(H,17,19). The predicted octanol–water partition coefficient (Wildman–Crippen LogP) is 3.95. The maximum Gasteiger partial charge on any atom is 0.408 e. The van der Waals surface area contributed by atoms with Crippen molar-refractivity contribution in [2.24, 2.45) is 4.99 Å². The van der Waals surface area contributed by atoms with Gasteiger partial charge in [-0.05, 0) is 51.2 Å². The molecule has 0 aromatic heterocycles. The molecule has 0 aliphatic heterocycles. The zero-order valence-electron chi connectivity index (χ0n) is 12.0. The van der Waals surface area contributed by atoms with E-state index in [0.29, 0.717) is 16.3 Å². The van der Waals surface area contributed by atoms with E-state index in [1.54, 1.807) is 39.0 Å². The summed E-state index contributed by atoms with van der Waals surface area (Å²) < 4.78 is 5.08. The lowest BCUT2D eigenvalue weighted by atomic mass is 10.2. The van der Waals surface area contributed by atoms with E-state index in [1.807, 2.05) is 0 Å². The number of isothiocyanates is 1. The zero-order chi connectivity index (χ0) is 15.9. The second-order valence-corrected chi connectivity index (χ2v) is 5.62. The molecule has 0 unspecified atom stereocenters. The first-order chi connectivity index (χ1) is 9.81. The van der Waals surface area contributed by atoms with Crippen LogP contribution >= 0.6 is 23.8 Å². The minimum atomic E-state index is -0.525. The van der Waals surface area contributed by atoms with Crippen molar-refractivity contribution in [1.29, 1.82) is 0 Å². The van der Waals surface area contributed by atoms with Gasteiger partial charge in [-0.1, -0.05) is 23.4 Å². The molecular weight excluding hydrogens is 308 g/mol. The van der Waals surface area contributed by atoms with Crippen molar-refractivity contribution in [3.63, 3.8) is 0 Å². The number of halogens is 1. The molecule has 1 aromatic rings. The van der Waals surface area contributed by atoms with Gasteiger partial charge in [0, 0.05) is 5.56 Å². The Morgan fingerprint density at radius 1 is 1.48 bits per heavy atom. The maximum atomic E-state index is 11.4. The van der Waals surface area contributed by atoms with E-state index in [4.69, 9.17) is 16.3 Å². The van der Waals surface area contributed by atoms with E-state index in [-0.39, 0.29) is 6.54 Å². The lowest BCUT2D eigenvalue weighted by Gasteiger charge is -2.18. The molecule has 0 bridgehead atoms. The van der Waals surface area contributed by atoms with E-state index in [9.17, 15) is 4.79 Å². The van der Waals surface area contributed by atoms with Gasteiger partial charge in [-0.3, -0.25) is 0 Å². The first-order valence-corrected chi connectivity index (χ1v) is 6.93. The molecule has 0 spiro atoms. The fourth-order valence-electron chi connectivity index (χ4n) is 1.30. The lowest BCUT2D eigenvalue weighted by molar-refractivity contribution is 0.0535. The molecule has 0 heterocycles. The highest BCUT2D eigenvalue weighted by Crippen LogP contribution is 2.24. The summed E-state index contributed by atoms with van der Waals surface area (Å²) >= 11 is 10.5. The lowest BCUT2D eigenvalue weighted by Crippen LogP contribution is -2.32. The van der Waals surface area contributed by atoms with Crippen LogP contribution in [0.15, 0.2) is 23.2 Å². The number of thiocarbonyl (C=S) groups is 1. The van der Waals surface area contributed by atoms with Crippen molar-refractivity contribution in [1.82, 2.24) is 5.32 Å². The van der Waals surface area contributed by atoms with Crippen molar-refractivity contribution >= 4 is 40.8 Å². The summed E-state index contributed by atoms with van der Waals surface area (Å²) in [4.78, 5) is 15.2. The summed E-state index contributed by atoms with van der Waals surface area (Å²) in [6, 6.07) is 5.14. The molecule has 21 heavy (non-hydrogen) atoms. The first kappa shape index (κ1) is 17.2. The molecule has 4 nitrogen and oxygen atoms in total. The predicted molar refractivity (Wildman–Crippen MR) is 87.3 cm³/mol. The second kappa shape index (κ2) is 7.80. The quantitative estimate of drug-likeness (QED) is 0.509. The van der Waals surface area contributed by atoms with Crippen molar-refractivity contribution in [2.45, 2.75) is 26.4 Å². The third-order valence-electron chi connectivity index (χ3n) is 2.07. The van der Waals surface area contributed by atoms with Crippen LogP contribution < -0.4 is 5.32 Å². The van der Waals surface area contributed by atoms with Crippen LogP contribution in [0.5, 0.6) is 0 Å². The largest absolute Gasteiger partial charge is 0.444 e. The van der Waals surface area contributed by atoms with Gasteiger partial charge in [0.25, 0.3) is 0 Å². The molecule has 0 saturated carbocycles. The van der Waals surface area contributed by atoms with Gasteiger partial charge in [0.2, 0.25) is 0 Å². The molecule has 0 atom stereocenters. The fraction of sp³-hybridized carbons (Fsp3) is 0.333. The van der Waals surface area contributed by atoms with Gasteiger partial charge in [0.15, 0.2) is 0 Å². The van der Waals surface area contributed by atoms with Crippen molar-refractivity contribution < 1.29 is 9.53 Å². The topological polar surface area (TPSA) is 50.7 Å². The Labute approximate surface area is 134 Å². The number of aliphatic imine (C=N–C) groups is 1. The third kappa shape index (κ3) is 6.92. The van der Waals surface area contributed by atoms with Gasteiger partial charge in [0.05, 0.1) is 22.4 Å². The molecule has 0 fully saturated rings. The van der Waals surface area contributed by atoms with Crippen LogP contribution in [0.1, 0.15) is 26.3 Å². The number of hydrogen-bond acceptors (Lipinski definition) is 4. The summed E-state index contributed by atoms with van der Waals surface area (Å²) in [7, 11) is 0. The average molecular weight is 323 g/mol. The number of rotatable bonds is 2. The van der Waals surface area contributed by atoms with Crippen LogP contribution in [0.3, 0.4) is 0 Å². The Hall–Kier alpha value is -1.86. The van der Waals surface area contributed by atoms with E-state index in [2.05, 4.69) is 39.5 Å². The minimum absolute atomic E-state index is 0.187. The first-order valence-electron chi connectivity index (χ1n) is 6.15. The number of nitrogens with one attached hydrogen (secondary N) is 1. The number of hydrogen-bond donors (Lipinski definition) is 1. The molecule has 1 rings (SSSR count). The van der Waals surface area contributed by atoms with Crippen LogP contribution in [0.25, 0.3) is 0 Å². The van der Waals surface area contributed by atoms with Gasteiger partial charge in [-0.2, -0.15) is 4.99 Å². The number of carbonyl (C=O) groups is 1. The molecule has 1 amide bonds. The van der Waals surface area contributed by atoms with E-state index in [1.165, 1.54) is 0 Å². The fourth-order valence-corrected chi connectivity index (χ4v) is 1.62. The number of nitrogens with zero attached hydrogens (tertiary/aromatic N) is 1. The third-order valence-corrected chi connectivity index (χ3v) is 2.46. The van der Waals surface area contributed by atoms with E-state index in [0.717, 1.165) is 0 Å². The molecule has 0 saturated heterocycles. The van der Waals surface area contributed by atoms with Crippen LogP contribution in [-0.4, -0.2) is 23.4 Å². The van der Waals surface area contributed by atoms with Crippen molar-refractivity contribution in [3.8, 4) is 11.8 Å². The highest BCUT2D eigenvalue weighted by molar-refractivity contribution is 7.78. The Kier molecular flexibility index (Phi) is 6.39. The number of benzene rings is 1. The Balaban J connectivity index is 2.58. The molecule has 6 heteroatoms. The average Bonchev–Trinajstić information content (AvgIpc) is 2.36. The van der Waals surface area contributed by atoms with Gasteiger partial charge in [-0.15, -0.1) is 0 Å². The molecule has 0 radical (unpaired) electrons. The Morgan fingerprint density at radius 2 is 2.19 bits per heavy atom. The SMILES string of the molecule is CC(C)(C)OC(=O)NCC#Cc1ccc(N=C=S)c(Cl)c1. The number of carbonyl (C=O) groups excluding carboxylic acids is 1. The van der Waals surface area contributed by atoms with Crippen molar-refractivity contribution in [2.75, 3.05) is 6.54 Å². The normalized spacial score (nSPS) is 9.90. The number of alkyl carbamates (subject to hydrolysis) is 1. The van der Waals surface area contributed by atoms with Gasteiger partial charge in [-0.25, -0.2) is 4.79 Å². The minimum Gasteiger partial charge on any atom is -0.444 e. The number of ether oxygens (including phenoxy) is 1. The van der Waals surface area contributed by atoms with Gasteiger partial charge in [0.1, 0.15) is 5.60 Å². The van der Waals surface area contributed by atoms with Gasteiger partial charge >= 0.3 is 6.09 Å². The molecule has 0 aliphatic carbocycles. The summed E-state index contributed by atoms with van der Waals surface area (Å²) in [5, 5.41) is 5.24. The Morgan fingerprint density at radius 3 is 2.76 bits per heavy atom. The van der Waals surface area contributed by atoms with Gasteiger partial charge < -0.3 is 10.1 Å². The molecule has 1 N–H and O–H groups in total. The number of amides is 1.